The van der Waals surface area contributed by atoms with Crippen LogP contribution < -0.4 is 0 Å². The Labute approximate surface area is 159 Å². The van der Waals surface area contributed by atoms with Crippen molar-refractivity contribution in [2.45, 2.75) is 26.3 Å². The summed E-state index contributed by atoms with van der Waals surface area (Å²) in [6, 6.07) is 7.88. The van der Waals surface area contributed by atoms with E-state index in [-0.39, 0.29) is 5.91 Å². The van der Waals surface area contributed by atoms with E-state index in [0.717, 1.165) is 61.6 Å². The normalized spacial score (nSPS) is 15.7. The van der Waals surface area contributed by atoms with E-state index in [1.165, 1.54) is 0 Å². The molecule has 0 atom stereocenters. The lowest BCUT2D eigenvalue weighted by Gasteiger charge is -2.35. The third kappa shape index (κ3) is 3.76. The minimum absolute atomic E-state index is 0.134. The molecular weight excluding hydrogens is 338 g/mol. The minimum Gasteiger partial charge on any atom is -0.361 e. The molecule has 1 saturated heterocycles. The van der Waals surface area contributed by atoms with Gasteiger partial charge in [-0.3, -0.25) is 9.69 Å². The Kier molecular flexibility index (Phi) is 4.99. The average molecular weight is 365 g/mol. The van der Waals surface area contributed by atoms with Crippen LogP contribution in [0.3, 0.4) is 0 Å². The van der Waals surface area contributed by atoms with Crippen LogP contribution in [0.4, 0.5) is 0 Å². The van der Waals surface area contributed by atoms with Crippen molar-refractivity contribution in [2.24, 2.45) is 0 Å². The monoisotopic (exact) mass is 365 g/mol. The Hall–Kier alpha value is -2.60. The van der Waals surface area contributed by atoms with Crippen molar-refractivity contribution >= 4 is 16.8 Å². The number of fused-ring (bicyclic) bond motifs is 1. The lowest BCUT2D eigenvalue weighted by Crippen LogP contribution is -2.49. The molecule has 1 aliphatic rings. The fourth-order valence-electron chi connectivity index (χ4n) is 3.80. The molecule has 1 amide bonds. The first kappa shape index (κ1) is 17.8. The standard InChI is InChI=1S/C21H27N5O/c1-16(2)20-23-7-8-25(20)12-9-24-10-13-26(14-11-24)21(27)18-3-4-19-17(15-18)5-6-22-19/h3-8,15-16,22H,9-14H2,1-2H3. The average Bonchev–Trinajstić information content (AvgIpc) is 3.34. The predicted molar refractivity (Wildman–Crippen MR) is 107 cm³/mol. The van der Waals surface area contributed by atoms with Crippen LogP contribution >= 0.6 is 0 Å². The highest BCUT2D eigenvalue weighted by atomic mass is 16.2. The number of aromatic amines is 1. The van der Waals surface area contributed by atoms with E-state index in [4.69, 9.17) is 0 Å². The molecule has 6 nitrogen and oxygen atoms in total. The van der Waals surface area contributed by atoms with Gasteiger partial charge in [-0.1, -0.05) is 13.8 Å². The van der Waals surface area contributed by atoms with E-state index in [9.17, 15) is 4.79 Å². The number of piperazine rings is 1. The molecule has 0 radical (unpaired) electrons. The second-order valence-electron chi connectivity index (χ2n) is 7.55. The first-order chi connectivity index (χ1) is 13.1. The zero-order valence-corrected chi connectivity index (χ0v) is 16.1. The quantitative estimate of drug-likeness (QED) is 0.756. The Morgan fingerprint density at radius 2 is 1.96 bits per heavy atom. The molecule has 2 aromatic heterocycles. The number of aromatic nitrogens is 3. The fraction of sp³-hybridized carbons (Fsp3) is 0.429. The first-order valence-electron chi connectivity index (χ1n) is 9.71. The molecule has 27 heavy (non-hydrogen) atoms. The maximum Gasteiger partial charge on any atom is 0.253 e. The van der Waals surface area contributed by atoms with E-state index in [0.29, 0.717) is 5.92 Å². The summed E-state index contributed by atoms with van der Waals surface area (Å²) in [6.45, 7) is 9.70. The van der Waals surface area contributed by atoms with Crippen LogP contribution in [0.5, 0.6) is 0 Å². The van der Waals surface area contributed by atoms with Crippen LogP contribution in [0, 0.1) is 0 Å². The molecular formula is C21H27N5O. The van der Waals surface area contributed by atoms with Crippen molar-refractivity contribution < 1.29 is 4.79 Å². The van der Waals surface area contributed by atoms with Gasteiger partial charge in [0.25, 0.3) is 5.91 Å². The number of benzene rings is 1. The van der Waals surface area contributed by atoms with Gasteiger partial charge in [0.2, 0.25) is 0 Å². The summed E-state index contributed by atoms with van der Waals surface area (Å²) in [5.41, 5.74) is 1.84. The summed E-state index contributed by atoms with van der Waals surface area (Å²) in [7, 11) is 0. The SMILES string of the molecule is CC(C)c1nccn1CCN1CCN(C(=O)c2ccc3[nH]ccc3c2)CC1. The Bertz CT molecular complexity index is 917. The molecule has 1 aliphatic heterocycles. The number of H-pyrrole nitrogens is 1. The van der Waals surface area contributed by atoms with Gasteiger partial charge in [0, 0.05) is 80.2 Å². The van der Waals surface area contributed by atoms with Crippen molar-refractivity contribution in [2.75, 3.05) is 32.7 Å². The number of amides is 1. The van der Waals surface area contributed by atoms with Gasteiger partial charge in [-0.15, -0.1) is 0 Å². The number of carbonyl (C=O) groups excluding carboxylic acids is 1. The maximum atomic E-state index is 12.8. The highest BCUT2D eigenvalue weighted by Crippen LogP contribution is 2.17. The molecule has 1 aromatic carbocycles. The first-order valence-corrected chi connectivity index (χ1v) is 9.71. The van der Waals surface area contributed by atoms with Gasteiger partial charge in [-0.25, -0.2) is 4.98 Å². The molecule has 0 unspecified atom stereocenters. The van der Waals surface area contributed by atoms with E-state index < -0.39 is 0 Å². The maximum absolute atomic E-state index is 12.8. The van der Waals surface area contributed by atoms with Crippen LogP contribution in [0.15, 0.2) is 42.9 Å². The smallest absolute Gasteiger partial charge is 0.253 e. The summed E-state index contributed by atoms with van der Waals surface area (Å²) in [5.74, 6) is 1.71. The molecule has 0 spiro atoms. The zero-order chi connectivity index (χ0) is 18.8. The highest BCUT2D eigenvalue weighted by Gasteiger charge is 2.22. The van der Waals surface area contributed by atoms with E-state index in [2.05, 4.69) is 39.5 Å². The highest BCUT2D eigenvalue weighted by molar-refractivity contribution is 5.98. The molecule has 0 saturated carbocycles. The molecule has 6 heteroatoms. The van der Waals surface area contributed by atoms with Gasteiger partial charge in [-0.05, 0) is 24.3 Å². The second-order valence-corrected chi connectivity index (χ2v) is 7.55. The molecule has 1 N–H and O–H groups in total. The van der Waals surface area contributed by atoms with Gasteiger partial charge in [0.15, 0.2) is 0 Å². The molecule has 142 valence electrons. The van der Waals surface area contributed by atoms with Gasteiger partial charge < -0.3 is 14.5 Å². The molecule has 0 aliphatic carbocycles. The van der Waals surface area contributed by atoms with Gasteiger partial charge >= 0.3 is 0 Å². The summed E-state index contributed by atoms with van der Waals surface area (Å²) < 4.78 is 2.24. The Balaban J connectivity index is 1.31. The number of hydrogen-bond acceptors (Lipinski definition) is 3. The summed E-state index contributed by atoms with van der Waals surface area (Å²) in [5, 5.41) is 1.08. The molecule has 3 heterocycles. The minimum atomic E-state index is 0.134. The predicted octanol–water partition coefficient (Wildman–Crippen LogP) is 2.95. The third-order valence-corrected chi connectivity index (χ3v) is 5.38. The number of carbonyl (C=O) groups is 1. The third-order valence-electron chi connectivity index (χ3n) is 5.38. The Morgan fingerprint density at radius 3 is 2.74 bits per heavy atom. The number of rotatable bonds is 5. The van der Waals surface area contributed by atoms with Crippen LogP contribution in [0.25, 0.3) is 10.9 Å². The van der Waals surface area contributed by atoms with Gasteiger partial charge in [0.05, 0.1) is 0 Å². The van der Waals surface area contributed by atoms with Crippen molar-refractivity contribution in [3.8, 4) is 0 Å². The summed E-state index contributed by atoms with van der Waals surface area (Å²) in [6.07, 6.45) is 5.85. The van der Waals surface area contributed by atoms with E-state index in [1.807, 2.05) is 41.6 Å². The molecule has 3 aromatic rings. The van der Waals surface area contributed by atoms with Crippen molar-refractivity contribution in [1.82, 2.24) is 24.3 Å². The van der Waals surface area contributed by atoms with E-state index in [1.54, 1.807) is 0 Å². The Morgan fingerprint density at radius 1 is 1.15 bits per heavy atom. The largest absolute Gasteiger partial charge is 0.361 e. The number of nitrogens with one attached hydrogen (secondary N) is 1. The van der Waals surface area contributed by atoms with Gasteiger partial charge in [0.1, 0.15) is 5.82 Å². The molecule has 0 bridgehead atoms. The zero-order valence-electron chi connectivity index (χ0n) is 16.1. The number of nitrogens with zero attached hydrogens (tertiary/aromatic N) is 4. The summed E-state index contributed by atoms with van der Waals surface area (Å²) >= 11 is 0. The molecule has 4 rings (SSSR count). The topological polar surface area (TPSA) is 57.2 Å². The lowest BCUT2D eigenvalue weighted by molar-refractivity contribution is 0.0633. The van der Waals surface area contributed by atoms with Crippen LogP contribution in [-0.2, 0) is 6.54 Å². The second kappa shape index (κ2) is 7.56. The fourth-order valence-corrected chi connectivity index (χ4v) is 3.80. The van der Waals surface area contributed by atoms with E-state index >= 15 is 0 Å². The van der Waals surface area contributed by atoms with Gasteiger partial charge in [-0.2, -0.15) is 0 Å². The van der Waals surface area contributed by atoms with Crippen molar-refractivity contribution in [3.63, 3.8) is 0 Å². The lowest BCUT2D eigenvalue weighted by atomic mass is 10.1. The number of hydrogen-bond donors (Lipinski definition) is 1. The molecule has 1 fully saturated rings. The summed E-state index contributed by atoms with van der Waals surface area (Å²) in [4.78, 5) is 24.9. The van der Waals surface area contributed by atoms with Crippen LogP contribution in [-0.4, -0.2) is 63.0 Å². The van der Waals surface area contributed by atoms with Crippen LogP contribution in [0.1, 0.15) is 35.9 Å². The van der Waals surface area contributed by atoms with Crippen molar-refractivity contribution in [1.29, 1.82) is 0 Å². The van der Waals surface area contributed by atoms with Crippen molar-refractivity contribution in [3.05, 3.63) is 54.2 Å². The number of imidazole rings is 1. The van der Waals surface area contributed by atoms with Crippen LogP contribution in [0.2, 0.25) is 0 Å².